The van der Waals surface area contributed by atoms with E-state index in [0.29, 0.717) is 0 Å². The molecule has 1 heterocycles. The monoisotopic (exact) mass is 296 g/mol. The lowest BCUT2D eigenvalue weighted by molar-refractivity contribution is 0.264. The van der Waals surface area contributed by atoms with E-state index in [0.717, 1.165) is 30.3 Å². The second-order valence-electron chi connectivity index (χ2n) is 5.35. The van der Waals surface area contributed by atoms with Crippen molar-refractivity contribution in [2.75, 3.05) is 32.4 Å². The fourth-order valence-electron chi connectivity index (χ4n) is 2.76. The molecule has 2 unspecified atom stereocenters. The molecule has 0 saturated carbocycles. The van der Waals surface area contributed by atoms with E-state index in [9.17, 15) is 4.39 Å². The highest BCUT2D eigenvalue weighted by Crippen LogP contribution is 2.24. The van der Waals surface area contributed by atoms with Crippen LogP contribution in [0.1, 0.15) is 31.4 Å². The molecule has 1 aromatic carbocycles. The molecule has 2 nitrogen and oxygen atoms in total. The van der Waals surface area contributed by atoms with Crippen LogP contribution in [0.15, 0.2) is 24.3 Å². The summed E-state index contributed by atoms with van der Waals surface area (Å²) in [6, 6.07) is 7.19. The first kappa shape index (κ1) is 15.8. The van der Waals surface area contributed by atoms with Gasteiger partial charge in [0.2, 0.25) is 0 Å². The van der Waals surface area contributed by atoms with E-state index in [2.05, 4.69) is 28.9 Å². The number of hydrogen-bond donors (Lipinski definition) is 1. The van der Waals surface area contributed by atoms with E-state index in [1.807, 2.05) is 19.2 Å². The molecule has 2 atom stereocenters. The molecule has 0 bridgehead atoms. The van der Waals surface area contributed by atoms with Crippen molar-refractivity contribution in [1.29, 1.82) is 0 Å². The van der Waals surface area contributed by atoms with Crippen LogP contribution in [0, 0.1) is 5.82 Å². The number of hydrogen-bond acceptors (Lipinski definition) is 3. The maximum Gasteiger partial charge on any atom is 0.127 e. The highest BCUT2D eigenvalue weighted by atomic mass is 32.2. The average Bonchev–Trinajstić information content (AvgIpc) is 2.49. The second kappa shape index (κ2) is 8.01. The number of rotatable bonds is 6. The maximum absolute atomic E-state index is 13.9. The zero-order chi connectivity index (χ0) is 14.4. The van der Waals surface area contributed by atoms with Crippen LogP contribution in [0.25, 0.3) is 0 Å². The summed E-state index contributed by atoms with van der Waals surface area (Å²) in [6.07, 6.45) is 2.20. The van der Waals surface area contributed by atoms with Gasteiger partial charge in [0.25, 0.3) is 0 Å². The Bertz CT molecular complexity index is 413. The van der Waals surface area contributed by atoms with Crippen molar-refractivity contribution in [3.05, 3.63) is 35.6 Å². The summed E-state index contributed by atoms with van der Waals surface area (Å²) in [5, 5.41) is 4.02. The van der Waals surface area contributed by atoms with Crippen LogP contribution in [0.3, 0.4) is 0 Å². The number of benzene rings is 1. The Morgan fingerprint density at radius 2 is 2.25 bits per heavy atom. The van der Waals surface area contributed by atoms with Gasteiger partial charge in [-0.2, -0.15) is 11.8 Å². The van der Waals surface area contributed by atoms with E-state index in [4.69, 9.17) is 0 Å². The standard InChI is InChI=1S/C16H25FN2S/c1-3-13-12-19(10-11-20-13)9-8-16(18-2)14-6-4-5-7-15(14)17/h4-7,13,16,18H,3,8-12H2,1-2H3. The molecule has 0 spiro atoms. The average molecular weight is 296 g/mol. The van der Waals surface area contributed by atoms with Gasteiger partial charge in [0.1, 0.15) is 5.82 Å². The third-order valence-corrected chi connectivity index (χ3v) is 5.41. The summed E-state index contributed by atoms with van der Waals surface area (Å²) in [4.78, 5) is 2.52. The summed E-state index contributed by atoms with van der Waals surface area (Å²) in [5.41, 5.74) is 0.786. The largest absolute Gasteiger partial charge is 0.313 e. The fourth-order valence-corrected chi connectivity index (χ4v) is 4.00. The van der Waals surface area contributed by atoms with Crippen molar-refractivity contribution < 1.29 is 4.39 Å². The molecule has 0 aromatic heterocycles. The van der Waals surface area contributed by atoms with Gasteiger partial charge in [-0.1, -0.05) is 25.1 Å². The topological polar surface area (TPSA) is 15.3 Å². The summed E-state index contributed by atoms with van der Waals surface area (Å²) in [5.74, 6) is 1.12. The number of thioether (sulfide) groups is 1. The predicted molar refractivity (Wildman–Crippen MR) is 85.8 cm³/mol. The Morgan fingerprint density at radius 3 is 2.95 bits per heavy atom. The van der Waals surface area contributed by atoms with E-state index in [1.54, 1.807) is 12.1 Å². The van der Waals surface area contributed by atoms with Crippen molar-refractivity contribution in [3.63, 3.8) is 0 Å². The van der Waals surface area contributed by atoms with Crippen LogP contribution in [0.2, 0.25) is 0 Å². The molecule has 0 amide bonds. The van der Waals surface area contributed by atoms with Crippen LogP contribution < -0.4 is 5.32 Å². The van der Waals surface area contributed by atoms with Crippen molar-refractivity contribution in [3.8, 4) is 0 Å². The van der Waals surface area contributed by atoms with Gasteiger partial charge in [-0.15, -0.1) is 0 Å². The summed E-state index contributed by atoms with van der Waals surface area (Å²) < 4.78 is 13.9. The molecule has 1 aliphatic heterocycles. The summed E-state index contributed by atoms with van der Waals surface area (Å²) in [6.45, 7) is 5.64. The minimum absolute atomic E-state index is 0.103. The smallest absolute Gasteiger partial charge is 0.127 e. The van der Waals surface area contributed by atoms with Gasteiger partial charge in [-0.05, 0) is 26.0 Å². The fraction of sp³-hybridized carbons (Fsp3) is 0.625. The number of halogens is 1. The van der Waals surface area contributed by atoms with Gasteiger partial charge in [-0.25, -0.2) is 4.39 Å². The van der Waals surface area contributed by atoms with E-state index in [1.165, 1.54) is 18.7 Å². The zero-order valence-electron chi connectivity index (χ0n) is 12.4. The molecule has 1 N–H and O–H groups in total. The highest BCUT2D eigenvalue weighted by molar-refractivity contribution is 8.00. The quantitative estimate of drug-likeness (QED) is 0.867. The Kier molecular flexibility index (Phi) is 6.33. The molecule has 2 rings (SSSR count). The van der Waals surface area contributed by atoms with Crippen LogP contribution in [0.4, 0.5) is 4.39 Å². The molecular formula is C16H25FN2S. The van der Waals surface area contributed by atoms with Crippen molar-refractivity contribution in [1.82, 2.24) is 10.2 Å². The first-order valence-electron chi connectivity index (χ1n) is 7.50. The molecule has 1 aliphatic rings. The maximum atomic E-state index is 13.9. The normalized spacial score (nSPS) is 21.9. The third kappa shape index (κ3) is 4.21. The number of nitrogens with zero attached hydrogens (tertiary/aromatic N) is 1. The van der Waals surface area contributed by atoms with Crippen LogP contribution >= 0.6 is 11.8 Å². The van der Waals surface area contributed by atoms with Gasteiger partial charge >= 0.3 is 0 Å². The first-order valence-corrected chi connectivity index (χ1v) is 8.55. The van der Waals surface area contributed by atoms with Crippen molar-refractivity contribution in [2.45, 2.75) is 31.1 Å². The van der Waals surface area contributed by atoms with E-state index >= 15 is 0 Å². The molecule has 4 heteroatoms. The van der Waals surface area contributed by atoms with E-state index in [-0.39, 0.29) is 11.9 Å². The molecule has 1 aromatic rings. The lowest BCUT2D eigenvalue weighted by atomic mass is 10.0. The van der Waals surface area contributed by atoms with Crippen LogP contribution in [-0.2, 0) is 0 Å². The van der Waals surface area contributed by atoms with Gasteiger partial charge in [0.15, 0.2) is 0 Å². The molecular weight excluding hydrogens is 271 g/mol. The van der Waals surface area contributed by atoms with E-state index < -0.39 is 0 Å². The Hall–Kier alpha value is -0.580. The minimum Gasteiger partial charge on any atom is -0.313 e. The minimum atomic E-state index is -0.104. The van der Waals surface area contributed by atoms with Gasteiger partial charge in [-0.3, -0.25) is 0 Å². The summed E-state index contributed by atoms with van der Waals surface area (Å²) >= 11 is 2.09. The van der Waals surface area contributed by atoms with Crippen LogP contribution in [0.5, 0.6) is 0 Å². The second-order valence-corrected chi connectivity index (χ2v) is 6.76. The van der Waals surface area contributed by atoms with Gasteiger partial charge in [0, 0.05) is 42.2 Å². The SMILES string of the molecule is CCC1CN(CCC(NC)c2ccccc2F)CCS1. The Labute approximate surface area is 126 Å². The summed E-state index contributed by atoms with van der Waals surface area (Å²) in [7, 11) is 1.91. The molecule has 1 saturated heterocycles. The Morgan fingerprint density at radius 1 is 1.45 bits per heavy atom. The van der Waals surface area contributed by atoms with Crippen LogP contribution in [-0.4, -0.2) is 42.6 Å². The van der Waals surface area contributed by atoms with Crippen molar-refractivity contribution >= 4 is 11.8 Å². The van der Waals surface area contributed by atoms with Gasteiger partial charge in [0.05, 0.1) is 0 Å². The highest BCUT2D eigenvalue weighted by Gasteiger charge is 2.20. The third-order valence-electron chi connectivity index (χ3n) is 4.04. The van der Waals surface area contributed by atoms with Gasteiger partial charge < -0.3 is 10.2 Å². The predicted octanol–water partition coefficient (Wildman–Crippen LogP) is 3.30. The Balaban J connectivity index is 1.89. The van der Waals surface area contributed by atoms with Crippen molar-refractivity contribution in [2.24, 2.45) is 0 Å². The molecule has 0 radical (unpaired) electrons. The number of nitrogens with one attached hydrogen (secondary N) is 1. The molecule has 1 fully saturated rings. The molecule has 112 valence electrons. The lowest BCUT2D eigenvalue weighted by Crippen LogP contribution is -2.39. The molecule has 20 heavy (non-hydrogen) atoms. The molecule has 0 aliphatic carbocycles. The first-order chi connectivity index (χ1) is 9.74. The lowest BCUT2D eigenvalue weighted by Gasteiger charge is -2.32. The zero-order valence-corrected chi connectivity index (χ0v) is 13.3.